The SMILES string of the molecule is CCn1cc(C(=O)Nc2cccc(CN3CCOCC3)c2)cn1. The molecule has 0 saturated carbocycles. The summed E-state index contributed by atoms with van der Waals surface area (Å²) in [6.07, 6.45) is 3.35. The van der Waals surface area contributed by atoms with Gasteiger partial charge in [0.05, 0.1) is 25.0 Å². The van der Waals surface area contributed by atoms with E-state index in [1.54, 1.807) is 17.1 Å². The van der Waals surface area contributed by atoms with E-state index in [1.807, 2.05) is 25.1 Å². The Morgan fingerprint density at radius 3 is 2.91 bits per heavy atom. The second-order valence-electron chi connectivity index (χ2n) is 5.63. The third-order valence-corrected chi connectivity index (χ3v) is 3.91. The van der Waals surface area contributed by atoms with Gasteiger partial charge < -0.3 is 10.1 Å². The summed E-state index contributed by atoms with van der Waals surface area (Å²) in [5.41, 5.74) is 2.57. The van der Waals surface area contributed by atoms with E-state index in [0.717, 1.165) is 45.1 Å². The maximum atomic E-state index is 12.3. The zero-order chi connectivity index (χ0) is 16.1. The average Bonchev–Trinajstić information content (AvgIpc) is 3.05. The van der Waals surface area contributed by atoms with Crippen molar-refractivity contribution in [1.82, 2.24) is 14.7 Å². The predicted molar refractivity (Wildman–Crippen MR) is 88.4 cm³/mol. The fourth-order valence-electron chi connectivity index (χ4n) is 2.62. The van der Waals surface area contributed by atoms with Gasteiger partial charge in [0, 0.05) is 38.1 Å². The number of nitrogens with zero attached hydrogens (tertiary/aromatic N) is 3. The third kappa shape index (κ3) is 4.18. The van der Waals surface area contributed by atoms with Crippen molar-refractivity contribution in [3.05, 3.63) is 47.8 Å². The monoisotopic (exact) mass is 314 g/mol. The zero-order valence-electron chi connectivity index (χ0n) is 13.4. The molecule has 3 rings (SSSR count). The van der Waals surface area contributed by atoms with E-state index in [-0.39, 0.29) is 5.91 Å². The molecule has 0 atom stereocenters. The van der Waals surface area contributed by atoms with E-state index in [1.165, 1.54) is 5.56 Å². The Morgan fingerprint density at radius 1 is 1.35 bits per heavy atom. The summed E-state index contributed by atoms with van der Waals surface area (Å²) < 4.78 is 7.11. The van der Waals surface area contributed by atoms with Crippen LogP contribution in [0, 0.1) is 0 Å². The minimum atomic E-state index is -0.131. The maximum Gasteiger partial charge on any atom is 0.258 e. The molecule has 0 bridgehead atoms. The number of carbonyl (C=O) groups excluding carboxylic acids is 1. The molecule has 23 heavy (non-hydrogen) atoms. The van der Waals surface area contributed by atoms with Crippen molar-refractivity contribution in [3.8, 4) is 0 Å². The maximum absolute atomic E-state index is 12.3. The van der Waals surface area contributed by atoms with E-state index in [0.29, 0.717) is 5.56 Å². The van der Waals surface area contributed by atoms with E-state index in [9.17, 15) is 4.79 Å². The average molecular weight is 314 g/mol. The van der Waals surface area contributed by atoms with Crippen LogP contribution >= 0.6 is 0 Å². The van der Waals surface area contributed by atoms with E-state index < -0.39 is 0 Å². The van der Waals surface area contributed by atoms with Crippen LogP contribution in [-0.4, -0.2) is 46.9 Å². The summed E-state index contributed by atoms with van der Waals surface area (Å²) in [7, 11) is 0. The number of carbonyl (C=O) groups is 1. The highest BCUT2D eigenvalue weighted by Crippen LogP contribution is 2.14. The van der Waals surface area contributed by atoms with Gasteiger partial charge in [0.2, 0.25) is 0 Å². The molecule has 1 saturated heterocycles. The highest BCUT2D eigenvalue weighted by molar-refractivity contribution is 6.03. The predicted octanol–water partition coefficient (Wildman–Crippen LogP) is 1.99. The molecule has 2 aromatic rings. The minimum absolute atomic E-state index is 0.131. The molecule has 1 amide bonds. The Labute approximate surface area is 136 Å². The Bertz CT molecular complexity index is 662. The van der Waals surface area contributed by atoms with Crippen LogP contribution in [0.25, 0.3) is 0 Å². The number of nitrogens with one attached hydrogen (secondary N) is 1. The first-order valence-electron chi connectivity index (χ1n) is 7.97. The van der Waals surface area contributed by atoms with E-state index in [4.69, 9.17) is 4.74 Å². The summed E-state index contributed by atoms with van der Waals surface area (Å²) in [5, 5.41) is 7.07. The van der Waals surface area contributed by atoms with Gasteiger partial charge in [0.15, 0.2) is 0 Å². The Hall–Kier alpha value is -2.18. The van der Waals surface area contributed by atoms with Crippen LogP contribution in [0.4, 0.5) is 5.69 Å². The van der Waals surface area contributed by atoms with Crippen LogP contribution in [0.5, 0.6) is 0 Å². The van der Waals surface area contributed by atoms with Crippen molar-refractivity contribution < 1.29 is 9.53 Å². The van der Waals surface area contributed by atoms with Crippen molar-refractivity contribution in [2.24, 2.45) is 0 Å². The molecule has 6 heteroatoms. The molecule has 1 aromatic heterocycles. The van der Waals surface area contributed by atoms with Crippen LogP contribution in [-0.2, 0) is 17.8 Å². The number of hydrogen-bond acceptors (Lipinski definition) is 4. The van der Waals surface area contributed by atoms with Gasteiger partial charge in [-0.25, -0.2) is 0 Å². The first-order valence-corrected chi connectivity index (χ1v) is 7.97. The number of anilines is 1. The molecule has 1 aromatic carbocycles. The standard InChI is InChI=1S/C17H22N4O2/c1-2-21-13-15(11-18-21)17(22)19-16-5-3-4-14(10-16)12-20-6-8-23-9-7-20/h3-5,10-11,13H,2,6-9,12H2,1H3,(H,19,22). The second kappa shape index (κ2) is 7.39. The van der Waals surface area contributed by atoms with Gasteiger partial charge >= 0.3 is 0 Å². The molecule has 1 N–H and O–H groups in total. The number of aromatic nitrogens is 2. The van der Waals surface area contributed by atoms with Crippen LogP contribution in [0.1, 0.15) is 22.8 Å². The van der Waals surface area contributed by atoms with Crippen molar-refractivity contribution in [3.63, 3.8) is 0 Å². The van der Waals surface area contributed by atoms with Gasteiger partial charge in [0.25, 0.3) is 5.91 Å². The molecule has 6 nitrogen and oxygen atoms in total. The molecule has 1 aliphatic rings. The van der Waals surface area contributed by atoms with Gasteiger partial charge in [0.1, 0.15) is 0 Å². The van der Waals surface area contributed by atoms with Crippen molar-refractivity contribution in [2.75, 3.05) is 31.6 Å². The lowest BCUT2D eigenvalue weighted by molar-refractivity contribution is 0.0342. The quantitative estimate of drug-likeness (QED) is 0.917. The Balaban J connectivity index is 1.63. The van der Waals surface area contributed by atoms with Gasteiger partial charge in [-0.05, 0) is 24.6 Å². The fraction of sp³-hybridized carbons (Fsp3) is 0.412. The Kier molecular flexibility index (Phi) is 5.05. The lowest BCUT2D eigenvalue weighted by Crippen LogP contribution is -2.35. The molecule has 1 aliphatic heterocycles. The number of hydrogen-bond donors (Lipinski definition) is 1. The zero-order valence-corrected chi connectivity index (χ0v) is 13.4. The normalized spacial score (nSPS) is 15.5. The van der Waals surface area contributed by atoms with Crippen molar-refractivity contribution in [2.45, 2.75) is 20.0 Å². The van der Waals surface area contributed by atoms with Gasteiger partial charge in [-0.3, -0.25) is 14.4 Å². The minimum Gasteiger partial charge on any atom is -0.379 e. The molecular formula is C17H22N4O2. The van der Waals surface area contributed by atoms with Crippen molar-refractivity contribution in [1.29, 1.82) is 0 Å². The molecule has 122 valence electrons. The van der Waals surface area contributed by atoms with Crippen LogP contribution in [0.15, 0.2) is 36.7 Å². The first kappa shape index (κ1) is 15.7. The van der Waals surface area contributed by atoms with Crippen LogP contribution < -0.4 is 5.32 Å². The molecule has 0 unspecified atom stereocenters. The number of amides is 1. The van der Waals surface area contributed by atoms with Crippen LogP contribution in [0.3, 0.4) is 0 Å². The van der Waals surface area contributed by atoms with Crippen LogP contribution in [0.2, 0.25) is 0 Å². The summed E-state index contributed by atoms with van der Waals surface area (Å²) in [6, 6.07) is 7.99. The number of rotatable bonds is 5. The lowest BCUT2D eigenvalue weighted by atomic mass is 10.1. The first-order chi connectivity index (χ1) is 11.2. The Morgan fingerprint density at radius 2 is 2.17 bits per heavy atom. The number of ether oxygens (including phenoxy) is 1. The highest BCUT2D eigenvalue weighted by atomic mass is 16.5. The van der Waals surface area contributed by atoms with E-state index in [2.05, 4.69) is 21.4 Å². The smallest absolute Gasteiger partial charge is 0.258 e. The summed E-state index contributed by atoms with van der Waals surface area (Å²) >= 11 is 0. The summed E-state index contributed by atoms with van der Waals surface area (Å²) in [6.45, 7) is 7.10. The number of morpholine rings is 1. The van der Waals surface area contributed by atoms with Gasteiger partial charge in [-0.1, -0.05) is 12.1 Å². The summed E-state index contributed by atoms with van der Waals surface area (Å²) in [4.78, 5) is 14.6. The summed E-state index contributed by atoms with van der Waals surface area (Å²) in [5.74, 6) is -0.131. The van der Waals surface area contributed by atoms with Gasteiger partial charge in [-0.15, -0.1) is 0 Å². The fourth-order valence-corrected chi connectivity index (χ4v) is 2.62. The molecule has 1 fully saturated rings. The number of benzene rings is 1. The molecule has 2 heterocycles. The van der Waals surface area contributed by atoms with E-state index >= 15 is 0 Å². The highest BCUT2D eigenvalue weighted by Gasteiger charge is 2.12. The molecule has 0 aliphatic carbocycles. The molecular weight excluding hydrogens is 292 g/mol. The molecule has 0 spiro atoms. The third-order valence-electron chi connectivity index (χ3n) is 3.91. The lowest BCUT2D eigenvalue weighted by Gasteiger charge is -2.26. The van der Waals surface area contributed by atoms with Crippen molar-refractivity contribution >= 4 is 11.6 Å². The largest absolute Gasteiger partial charge is 0.379 e. The van der Waals surface area contributed by atoms with Gasteiger partial charge in [-0.2, -0.15) is 5.10 Å². The second-order valence-corrected chi connectivity index (χ2v) is 5.63. The molecule has 0 radical (unpaired) electrons. The topological polar surface area (TPSA) is 59.4 Å². The number of aryl methyl sites for hydroxylation is 1.